The Hall–Kier alpha value is -2.53. The van der Waals surface area contributed by atoms with Crippen molar-refractivity contribution in [3.05, 3.63) is 71.8 Å². The number of carboxylic acids is 1. The lowest BCUT2D eigenvalue weighted by atomic mass is 9.83. The average Bonchev–Trinajstić information content (AvgIpc) is 2.46. The van der Waals surface area contributed by atoms with Gasteiger partial charge in [-0.05, 0) is 24.6 Å². The summed E-state index contributed by atoms with van der Waals surface area (Å²) in [5.41, 5.74) is 0.300. The van der Waals surface area contributed by atoms with Gasteiger partial charge in [0, 0.05) is 5.56 Å². The molecule has 0 aliphatic carbocycles. The molecule has 0 spiro atoms. The highest BCUT2D eigenvalue weighted by molar-refractivity contribution is 5.85. The molecular formula is C17H14O2. The van der Waals surface area contributed by atoms with Crippen molar-refractivity contribution in [1.29, 1.82) is 0 Å². The van der Waals surface area contributed by atoms with Crippen LogP contribution >= 0.6 is 0 Å². The van der Waals surface area contributed by atoms with Crippen LogP contribution in [0.2, 0.25) is 0 Å². The average molecular weight is 250 g/mol. The van der Waals surface area contributed by atoms with E-state index in [1.54, 1.807) is 19.1 Å². The Morgan fingerprint density at radius 3 is 2.05 bits per heavy atom. The highest BCUT2D eigenvalue weighted by Gasteiger charge is 2.33. The second kappa shape index (κ2) is 5.41. The van der Waals surface area contributed by atoms with Crippen LogP contribution in [0.3, 0.4) is 0 Å². The fourth-order valence-corrected chi connectivity index (χ4v) is 1.74. The first kappa shape index (κ1) is 12.9. The molecule has 2 rings (SSSR count). The van der Waals surface area contributed by atoms with Gasteiger partial charge in [-0.3, -0.25) is 4.79 Å². The molecule has 1 atom stereocenters. The molecule has 0 aliphatic heterocycles. The van der Waals surface area contributed by atoms with Gasteiger partial charge in [-0.2, -0.15) is 0 Å². The Bertz CT molecular complexity index is 621. The molecule has 2 aromatic rings. The summed E-state index contributed by atoms with van der Waals surface area (Å²) in [4.78, 5) is 11.5. The van der Waals surface area contributed by atoms with Crippen molar-refractivity contribution in [2.75, 3.05) is 0 Å². The normalized spacial score (nSPS) is 12.9. The van der Waals surface area contributed by atoms with Crippen molar-refractivity contribution >= 4 is 5.97 Å². The SMILES string of the molecule is CC(C#Cc1ccccc1)(C(=O)O)c1ccccc1. The monoisotopic (exact) mass is 250 g/mol. The van der Waals surface area contributed by atoms with Crippen LogP contribution in [0.5, 0.6) is 0 Å². The first-order valence-corrected chi connectivity index (χ1v) is 6.00. The highest BCUT2D eigenvalue weighted by atomic mass is 16.4. The van der Waals surface area contributed by atoms with E-state index < -0.39 is 11.4 Å². The summed E-state index contributed by atoms with van der Waals surface area (Å²) >= 11 is 0. The van der Waals surface area contributed by atoms with Crippen LogP contribution < -0.4 is 0 Å². The van der Waals surface area contributed by atoms with Gasteiger partial charge < -0.3 is 5.11 Å². The number of rotatable bonds is 2. The van der Waals surface area contributed by atoms with E-state index >= 15 is 0 Å². The van der Waals surface area contributed by atoms with Crippen LogP contribution in [-0.2, 0) is 10.2 Å². The Balaban J connectivity index is 2.43. The maximum atomic E-state index is 11.5. The van der Waals surface area contributed by atoms with Crippen LogP contribution in [0.15, 0.2) is 60.7 Å². The van der Waals surface area contributed by atoms with Gasteiger partial charge in [0.05, 0.1) is 0 Å². The molecule has 0 saturated heterocycles. The third-order valence-electron chi connectivity index (χ3n) is 3.01. The van der Waals surface area contributed by atoms with E-state index in [2.05, 4.69) is 11.8 Å². The highest BCUT2D eigenvalue weighted by Crippen LogP contribution is 2.23. The van der Waals surface area contributed by atoms with Gasteiger partial charge in [-0.1, -0.05) is 60.4 Å². The lowest BCUT2D eigenvalue weighted by Crippen LogP contribution is -2.30. The van der Waals surface area contributed by atoms with E-state index in [-0.39, 0.29) is 0 Å². The minimum absolute atomic E-state index is 0.686. The van der Waals surface area contributed by atoms with Gasteiger partial charge in [-0.15, -0.1) is 0 Å². The second-order valence-electron chi connectivity index (χ2n) is 4.41. The van der Waals surface area contributed by atoms with Crippen molar-refractivity contribution in [3.8, 4) is 11.8 Å². The molecule has 0 saturated carbocycles. The van der Waals surface area contributed by atoms with E-state index in [9.17, 15) is 9.90 Å². The van der Waals surface area contributed by atoms with E-state index in [0.717, 1.165) is 5.56 Å². The molecule has 2 nitrogen and oxygen atoms in total. The molecule has 0 aliphatic rings. The maximum absolute atomic E-state index is 11.5. The van der Waals surface area contributed by atoms with E-state index in [4.69, 9.17) is 0 Å². The van der Waals surface area contributed by atoms with Gasteiger partial charge in [0.1, 0.15) is 0 Å². The Morgan fingerprint density at radius 2 is 1.53 bits per heavy atom. The Kier molecular flexibility index (Phi) is 3.68. The topological polar surface area (TPSA) is 37.3 Å². The number of carboxylic acid groups (broad SMARTS) is 1. The van der Waals surface area contributed by atoms with Gasteiger partial charge in [0.25, 0.3) is 0 Å². The molecule has 0 bridgehead atoms. The van der Waals surface area contributed by atoms with Crippen LogP contribution in [0.4, 0.5) is 0 Å². The summed E-state index contributed by atoms with van der Waals surface area (Å²) < 4.78 is 0. The van der Waals surface area contributed by atoms with Gasteiger partial charge in [0.2, 0.25) is 0 Å². The van der Waals surface area contributed by atoms with Gasteiger partial charge in [-0.25, -0.2) is 0 Å². The predicted molar refractivity (Wildman–Crippen MR) is 74.7 cm³/mol. The smallest absolute Gasteiger partial charge is 0.326 e. The number of hydrogen-bond donors (Lipinski definition) is 1. The summed E-state index contributed by atoms with van der Waals surface area (Å²) in [7, 11) is 0. The first-order valence-electron chi connectivity index (χ1n) is 6.00. The Morgan fingerprint density at radius 1 is 1.00 bits per heavy atom. The molecule has 0 radical (unpaired) electrons. The number of carbonyl (C=O) groups is 1. The number of benzene rings is 2. The quantitative estimate of drug-likeness (QED) is 0.832. The van der Waals surface area contributed by atoms with Crippen molar-refractivity contribution in [2.45, 2.75) is 12.3 Å². The van der Waals surface area contributed by atoms with Crippen molar-refractivity contribution in [1.82, 2.24) is 0 Å². The zero-order valence-electron chi connectivity index (χ0n) is 10.6. The maximum Gasteiger partial charge on any atom is 0.326 e. The van der Waals surface area contributed by atoms with E-state index in [1.807, 2.05) is 48.5 Å². The molecule has 1 unspecified atom stereocenters. The summed E-state index contributed by atoms with van der Waals surface area (Å²) in [5, 5.41) is 9.46. The van der Waals surface area contributed by atoms with Crippen LogP contribution in [0.1, 0.15) is 18.1 Å². The van der Waals surface area contributed by atoms with E-state index in [1.165, 1.54) is 0 Å². The van der Waals surface area contributed by atoms with E-state index in [0.29, 0.717) is 5.56 Å². The largest absolute Gasteiger partial charge is 0.480 e. The third-order valence-corrected chi connectivity index (χ3v) is 3.01. The molecule has 0 heterocycles. The summed E-state index contributed by atoms with van der Waals surface area (Å²) in [5.74, 6) is 4.87. The van der Waals surface area contributed by atoms with Gasteiger partial charge >= 0.3 is 5.97 Å². The van der Waals surface area contributed by atoms with Crippen LogP contribution in [-0.4, -0.2) is 11.1 Å². The molecule has 94 valence electrons. The molecule has 2 heteroatoms. The lowest BCUT2D eigenvalue weighted by molar-refractivity contribution is -0.140. The molecule has 0 fully saturated rings. The second-order valence-corrected chi connectivity index (χ2v) is 4.41. The molecular weight excluding hydrogens is 236 g/mol. The minimum Gasteiger partial charge on any atom is -0.480 e. The third kappa shape index (κ3) is 2.83. The molecule has 1 N–H and O–H groups in total. The van der Waals surface area contributed by atoms with Crippen LogP contribution in [0.25, 0.3) is 0 Å². The van der Waals surface area contributed by atoms with Crippen molar-refractivity contribution < 1.29 is 9.90 Å². The molecule has 19 heavy (non-hydrogen) atoms. The first-order chi connectivity index (χ1) is 9.13. The lowest BCUT2D eigenvalue weighted by Gasteiger charge is -2.18. The van der Waals surface area contributed by atoms with Crippen molar-refractivity contribution in [3.63, 3.8) is 0 Å². The summed E-state index contributed by atoms with van der Waals surface area (Å²) in [6.45, 7) is 1.63. The molecule has 2 aromatic carbocycles. The number of hydrogen-bond acceptors (Lipinski definition) is 1. The van der Waals surface area contributed by atoms with Gasteiger partial charge in [0.15, 0.2) is 5.41 Å². The Labute approximate surface area is 112 Å². The molecule has 0 aromatic heterocycles. The minimum atomic E-state index is -1.20. The standard InChI is InChI=1S/C17H14O2/c1-17(16(18)19,15-10-6-3-7-11-15)13-12-14-8-4-2-5-9-14/h2-11H,1H3,(H,18,19). The van der Waals surface area contributed by atoms with Crippen LogP contribution in [0, 0.1) is 11.8 Å². The van der Waals surface area contributed by atoms with Crippen molar-refractivity contribution in [2.24, 2.45) is 0 Å². The fraction of sp³-hybridized carbons (Fsp3) is 0.118. The zero-order chi connectivity index (χ0) is 13.7. The predicted octanol–water partition coefficient (Wildman–Crippen LogP) is 3.08. The fourth-order valence-electron chi connectivity index (χ4n) is 1.74. The number of aliphatic carboxylic acids is 1. The summed E-state index contributed by atoms with van der Waals surface area (Å²) in [6.07, 6.45) is 0. The molecule has 0 amide bonds. The zero-order valence-corrected chi connectivity index (χ0v) is 10.6. The summed E-state index contributed by atoms with van der Waals surface area (Å²) in [6, 6.07) is 18.5.